The van der Waals surface area contributed by atoms with Gasteiger partial charge < -0.3 is 10.6 Å². The number of carbonyl (C=O) groups excluding carboxylic acids is 1. The average Bonchev–Trinajstić information content (AvgIpc) is 2.81. The summed E-state index contributed by atoms with van der Waals surface area (Å²) >= 11 is 1.95. The third kappa shape index (κ3) is 1.99. The van der Waals surface area contributed by atoms with Gasteiger partial charge in [0.25, 0.3) is 0 Å². The van der Waals surface area contributed by atoms with E-state index < -0.39 is 0 Å². The zero-order valence-electron chi connectivity index (χ0n) is 7.74. The standard InChI is InChI=1S/C9H16N2OS/c10-5-9(12)11(7-1-2-7)8-3-4-13-6-8/h7-8H,1-6,10H2/t8-/m1/s1. The highest BCUT2D eigenvalue weighted by Crippen LogP contribution is 2.33. The molecule has 2 fully saturated rings. The summed E-state index contributed by atoms with van der Waals surface area (Å²) in [4.78, 5) is 13.6. The number of carbonyl (C=O) groups is 1. The van der Waals surface area contributed by atoms with Gasteiger partial charge in [0, 0.05) is 17.8 Å². The van der Waals surface area contributed by atoms with E-state index in [4.69, 9.17) is 5.73 Å². The zero-order valence-corrected chi connectivity index (χ0v) is 8.55. The molecule has 2 N–H and O–H groups in total. The second-order valence-electron chi connectivity index (χ2n) is 3.75. The van der Waals surface area contributed by atoms with Gasteiger partial charge >= 0.3 is 0 Å². The molecule has 2 aliphatic rings. The van der Waals surface area contributed by atoms with E-state index in [9.17, 15) is 4.79 Å². The number of nitrogens with two attached hydrogens (primary N) is 1. The van der Waals surface area contributed by atoms with E-state index in [1.807, 2.05) is 11.8 Å². The highest BCUT2D eigenvalue weighted by molar-refractivity contribution is 7.99. The van der Waals surface area contributed by atoms with Gasteiger partial charge in [0.2, 0.25) is 5.91 Å². The van der Waals surface area contributed by atoms with E-state index in [1.165, 1.54) is 18.6 Å². The van der Waals surface area contributed by atoms with Gasteiger partial charge in [-0.3, -0.25) is 4.79 Å². The molecule has 0 bridgehead atoms. The van der Waals surface area contributed by atoms with E-state index in [0.717, 1.165) is 12.2 Å². The largest absolute Gasteiger partial charge is 0.335 e. The predicted octanol–water partition coefficient (Wildman–Crippen LogP) is 0.442. The fourth-order valence-electron chi connectivity index (χ4n) is 1.90. The molecule has 1 saturated heterocycles. The Morgan fingerprint density at radius 3 is 2.62 bits per heavy atom. The lowest BCUT2D eigenvalue weighted by Crippen LogP contribution is -2.45. The fraction of sp³-hybridized carbons (Fsp3) is 0.889. The first-order valence-electron chi connectivity index (χ1n) is 4.92. The molecule has 1 atom stereocenters. The lowest BCUT2D eigenvalue weighted by molar-refractivity contribution is -0.132. The van der Waals surface area contributed by atoms with Crippen LogP contribution in [0.1, 0.15) is 19.3 Å². The number of hydrogen-bond acceptors (Lipinski definition) is 3. The van der Waals surface area contributed by atoms with Crippen LogP contribution in [0.3, 0.4) is 0 Å². The van der Waals surface area contributed by atoms with Gasteiger partial charge in [-0.15, -0.1) is 0 Å². The van der Waals surface area contributed by atoms with Gasteiger partial charge in [0.15, 0.2) is 0 Å². The summed E-state index contributed by atoms with van der Waals surface area (Å²) in [6.07, 6.45) is 3.53. The quantitative estimate of drug-likeness (QED) is 0.719. The molecule has 0 radical (unpaired) electrons. The first kappa shape index (κ1) is 9.34. The Bertz CT molecular complexity index is 200. The van der Waals surface area contributed by atoms with Crippen LogP contribution in [0, 0.1) is 0 Å². The zero-order chi connectivity index (χ0) is 9.26. The van der Waals surface area contributed by atoms with Crippen LogP contribution in [0.25, 0.3) is 0 Å². The van der Waals surface area contributed by atoms with Crippen molar-refractivity contribution in [3.63, 3.8) is 0 Å². The second kappa shape index (κ2) is 3.88. The van der Waals surface area contributed by atoms with Crippen LogP contribution in [-0.2, 0) is 4.79 Å². The maximum absolute atomic E-state index is 11.6. The number of thioether (sulfide) groups is 1. The first-order chi connectivity index (χ1) is 6.33. The monoisotopic (exact) mass is 200 g/mol. The van der Waals surface area contributed by atoms with Crippen molar-refractivity contribution in [2.24, 2.45) is 5.73 Å². The lowest BCUT2D eigenvalue weighted by atomic mass is 10.2. The molecule has 0 aromatic heterocycles. The van der Waals surface area contributed by atoms with E-state index >= 15 is 0 Å². The highest BCUT2D eigenvalue weighted by Gasteiger charge is 2.37. The molecular formula is C9H16N2OS. The summed E-state index contributed by atoms with van der Waals surface area (Å²) in [7, 11) is 0. The molecular weight excluding hydrogens is 184 g/mol. The van der Waals surface area contributed by atoms with Gasteiger partial charge in [-0.25, -0.2) is 0 Å². The third-order valence-electron chi connectivity index (χ3n) is 2.70. The van der Waals surface area contributed by atoms with Crippen molar-refractivity contribution in [1.29, 1.82) is 0 Å². The predicted molar refractivity (Wildman–Crippen MR) is 54.7 cm³/mol. The minimum absolute atomic E-state index is 0.148. The molecule has 1 saturated carbocycles. The van der Waals surface area contributed by atoms with Crippen LogP contribution in [0.15, 0.2) is 0 Å². The Morgan fingerprint density at radius 2 is 2.15 bits per heavy atom. The van der Waals surface area contributed by atoms with Crippen LogP contribution in [0.5, 0.6) is 0 Å². The van der Waals surface area contributed by atoms with Gasteiger partial charge in [0.05, 0.1) is 6.54 Å². The molecule has 1 aliphatic heterocycles. The van der Waals surface area contributed by atoms with Crippen LogP contribution < -0.4 is 5.73 Å². The summed E-state index contributed by atoms with van der Waals surface area (Å²) in [5.74, 6) is 2.46. The number of amides is 1. The van der Waals surface area contributed by atoms with Crippen LogP contribution >= 0.6 is 11.8 Å². The minimum Gasteiger partial charge on any atom is -0.335 e. The van der Waals surface area contributed by atoms with Crippen LogP contribution in [-0.4, -0.2) is 40.9 Å². The fourth-order valence-corrected chi connectivity index (χ4v) is 3.11. The Morgan fingerprint density at radius 1 is 1.38 bits per heavy atom. The lowest BCUT2D eigenvalue weighted by Gasteiger charge is -2.28. The molecule has 2 rings (SSSR count). The number of hydrogen-bond donors (Lipinski definition) is 1. The molecule has 1 aliphatic carbocycles. The summed E-state index contributed by atoms with van der Waals surface area (Å²) in [6.45, 7) is 0.178. The Labute approximate surface area is 83.0 Å². The van der Waals surface area contributed by atoms with Crippen molar-refractivity contribution in [2.75, 3.05) is 18.1 Å². The normalized spacial score (nSPS) is 27.6. The van der Waals surface area contributed by atoms with E-state index in [-0.39, 0.29) is 12.5 Å². The maximum Gasteiger partial charge on any atom is 0.236 e. The molecule has 1 heterocycles. The number of nitrogens with zero attached hydrogens (tertiary/aromatic N) is 1. The average molecular weight is 200 g/mol. The van der Waals surface area contributed by atoms with E-state index in [1.54, 1.807) is 0 Å². The molecule has 13 heavy (non-hydrogen) atoms. The van der Waals surface area contributed by atoms with Crippen LogP contribution in [0.4, 0.5) is 0 Å². The topological polar surface area (TPSA) is 46.3 Å². The molecule has 0 spiro atoms. The van der Waals surface area contributed by atoms with Crippen molar-refractivity contribution < 1.29 is 4.79 Å². The molecule has 74 valence electrons. The Kier molecular flexibility index (Phi) is 2.79. The molecule has 0 aromatic rings. The highest BCUT2D eigenvalue weighted by atomic mass is 32.2. The summed E-state index contributed by atoms with van der Waals surface area (Å²) in [5, 5.41) is 0. The van der Waals surface area contributed by atoms with Crippen molar-refractivity contribution in [1.82, 2.24) is 4.90 Å². The Balaban J connectivity index is 1.99. The minimum atomic E-state index is 0.148. The second-order valence-corrected chi connectivity index (χ2v) is 4.90. The SMILES string of the molecule is NCC(=O)N(C1CC1)[C@@H]1CCSC1. The van der Waals surface area contributed by atoms with Crippen molar-refractivity contribution in [3.05, 3.63) is 0 Å². The molecule has 0 aromatic carbocycles. The van der Waals surface area contributed by atoms with Crippen molar-refractivity contribution in [2.45, 2.75) is 31.3 Å². The Hall–Kier alpha value is -0.220. The first-order valence-corrected chi connectivity index (χ1v) is 6.07. The van der Waals surface area contributed by atoms with Gasteiger partial charge in [-0.1, -0.05) is 0 Å². The molecule has 4 heteroatoms. The smallest absolute Gasteiger partial charge is 0.236 e. The molecule has 0 unspecified atom stereocenters. The van der Waals surface area contributed by atoms with Crippen LogP contribution in [0.2, 0.25) is 0 Å². The van der Waals surface area contributed by atoms with E-state index in [0.29, 0.717) is 12.1 Å². The maximum atomic E-state index is 11.6. The van der Waals surface area contributed by atoms with Gasteiger partial charge in [-0.05, 0) is 25.0 Å². The number of rotatable bonds is 3. The van der Waals surface area contributed by atoms with Crippen molar-refractivity contribution in [3.8, 4) is 0 Å². The van der Waals surface area contributed by atoms with E-state index in [2.05, 4.69) is 4.90 Å². The molecule has 3 nitrogen and oxygen atoms in total. The third-order valence-corrected chi connectivity index (χ3v) is 3.85. The van der Waals surface area contributed by atoms with Crippen molar-refractivity contribution >= 4 is 17.7 Å². The van der Waals surface area contributed by atoms with Gasteiger partial charge in [0.1, 0.15) is 0 Å². The summed E-state index contributed by atoms with van der Waals surface area (Å²) in [6, 6.07) is 1.01. The van der Waals surface area contributed by atoms with Gasteiger partial charge in [-0.2, -0.15) is 11.8 Å². The summed E-state index contributed by atoms with van der Waals surface area (Å²) in [5.41, 5.74) is 5.41. The molecule has 1 amide bonds. The summed E-state index contributed by atoms with van der Waals surface area (Å²) < 4.78 is 0.